The number of anilines is 1. The fourth-order valence-corrected chi connectivity index (χ4v) is 2.20. The molecule has 1 N–H and O–H groups in total. The summed E-state index contributed by atoms with van der Waals surface area (Å²) in [5.41, 5.74) is 1.39. The van der Waals surface area contributed by atoms with E-state index in [4.69, 9.17) is 0 Å². The van der Waals surface area contributed by atoms with Crippen LogP contribution < -0.4 is 10.2 Å². The second-order valence-corrected chi connectivity index (χ2v) is 5.41. The van der Waals surface area contributed by atoms with Crippen molar-refractivity contribution in [3.05, 3.63) is 66.4 Å². The van der Waals surface area contributed by atoms with Crippen LogP contribution in [-0.4, -0.2) is 39.8 Å². The van der Waals surface area contributed by atoms with E-state index >= 15 is 0 Å². The maximum atomic E-state index is 12.4. The summed E-state index contributed by atoms with van der Waals surface area (Å²) in [6.07, 6.45) is 5.21. The third-order valence-electron chi connectivity index (χ3n) is 3.43. The summed E-state index contributed by atoms with van der Waals surface area (Å²) in [5, 5.41) is 7.01. The third-order valence-corrected chi connectivity index (χ3v) is 3.43. The lowest BCUT2D eigenvalue weighted by molar-refractivity contribution is 0.0950. The Kier molecular flexibility index (Phi) is 4.51. The highest BCUT2D eigenvalue weighted by atomic mass is 16.1. The number of nitrogens with zero attached hydrogens (tertiary/aromatic N) is 5. The molecule has 7 nitrogen and oxygen atoms in total. The number of aromatic nitrogens is 4. The Hall–Kier alpha value is -3.22. The van der Waals surface area contributed by atoms with Gasteiger partial charge >= 0.3 is 0 Å². The molecule has 2 heterocycles. The Bertz CT molecular complexity index is 829. The average molecular weight is 322 g/mol. The lowest BCUT2D eigenvalue weighted by Crippen LogP contribution is -2.24. The molecule has 0 radical (unpaired) electrons. The van der Waals surface area contributed by atoms with Gasteiger partial charge in [-0.05, 0) is 30.3 Å². The van der Waals surface area contributed by atoms with Gasteiger partial charge < -0.3 is 10.2 Å². The van der Waals surface area contributed by atoms with Crippen LogP contribution in [0.2, 0.25) is 0 Å². The van der Waals surface area contributed by atoms with E-state index in [-0.39, 0.29) is 12.5 Å². The van der Waals surface area contributed by atoms with Crippen LogP contribution in [0, 0.1) is 0 Å². The average Bonchev–Trinajstić information content (AvgIpc) is 3.15. The molecule has 2 aromatic heterocycles. The lowest BCUT2D eigenvalue weighted by atomic mass is 10.2. The normalized spacial score (nSPS) is 10.4. The number of benzene rings is 1. The first-order chi connectivity index (χ1) is 11.6. The molecule has 7 heteroatoms. The van der Waals surface area contributed by atoms with Gasteiger partial charge in [-0.1, -0.05) is 6.07 Å². The SMILES string of the molecule is CN(C)c1ccnc(CNC(=O)c2cccc(-n3cccn3)c2)n1. The van der Waals surface area contributed by atoms with Crippen molar-refractivity contribution in [3.8, 4) is 5.69 Å². The van der Waals surface area contributed by atoms with Crippen molar-refractivity contribution in [2.75, 3.05) is 19.0 Å². The van der Waals surface area contributed by atoms with Crippen LogP contribution in [0.5, 0.6) is 0 Å². The molecule has 0 atom stereocenters. The number of amides is 1. The van der Waals surface area contributed by atoms with E-state index in [1.807, 2.05) is 49.5 Å². The van der Waals surface area contributed by atoms with E-state index in [9.17, 15) is 4.79 Å². The minimum Gasteiger partial charge on any atom is -0.363 e. The van der Waals surface area contributed by atoms with Crippen molar-refractivity contribution >= 4 is 11.7 Å². The van der Waals surface area contributed by atoms with E-state index in [1.165, 1.54) is 0 Å². The zero-order chi connectivity index (χ0) is 16.9. The van der Waals surface area contributed by atoms with Gasteiger partial charge in [0.25, 0.3) is 5.91 Å². The lowest BCUT2D eigenvalue weighted by Gasteiger charge is -2.12. The predicted octanol–water partition coefficient (Wildman–Crippen LogP) is 1.66. The van der Waals surface area contributed by atoms with E-state index in [0.717, 1.165) is 11.5 Å². The summed E-state index contributed by atoms with van der Waals surface area (Å²) in [4.78, 5) is 22.8. The van der Waals surface area contributed by atoms with Crippen LogP contribution in [-0.2, 0) is 6.54 Å². The molecule has 0 aliphatic heterocycles. The predicted molar refractivity (Wildman–Crippen MR) is 91.1 cm³/mol. The van der Waals surface area contributed by atoms with Crippen LogP contribution in [0.3, 0.4) is 0 Å². The number of hydrogen-bond donors (Lipinski definition) is 1. The molecule has 1 aromatic carbocycles. The highest BCUT2D eigenvalue weighted by molar-refractivity contribution is 5.94. The zero-order valence-electron chi connectivity index (χ0n) is 13.5. The van der Waals surface area contributed by atoms with E-state index < -0.39 is 0 Å². The Morgan fingerprint density at radius 3 is 2.83 bits per heavy atom. The van der Waals surface area contributed by atoms with Crippen molar-refractivity contribution in [3.63, 3.8) is 0 Å². The topological polar surface area (TPSA) is 75.9 Å². The van der Waals surface area contributed by atoms with Crippen molar-refractivity contribution in [2.24, 2.45) is 0 Å². The van der Waals surface area contributed by atoms with Crippen LogP contribution in [0.1, 0.15) is 16.2 Å². The molecular formula is C17H18N6O. The quantitative estimate of drug-likeness (QED) is 0.773. The number of rotatable bonds is 5. The maximum Gasteiger partial charge on any atom is 0.251 e. The summed E-state index contributed by atoms with van der Waals surface area (Å²) < 4.78 is 1.71. The smallest absolute Gasteiger partial charge is 0.251 e. The minimum absolute atomic E-state index is 0.178. The Morgan fingerprint density at radius 1 is 1.21 bits per heavy atom. The standard InChI is InChI=1S/C17H18N6O/c1-22(2)16-7-9-18-15(21-16)12-19-17(24)13-5-3-6-14(11-13)23-10-4-8-20-23/h3-11H,12H2,1-2H3,(H,19,24). The molecule has 0 saturated heterocycles. The van der Waals surface area contributed by atoms with E-state index in [2.05, 4.69) is 20.4 Å². The molecule has 0 unspecified atom stereocenters. The first kappa shape index (κ1) is 15.7. The second-order valence-electron chi connectivity index (χ2n) is 5.41. The van der Waals surface area contributed by atoms with Crippen molar-refractivity contribution in [2.45, 2.75) is 6.54 Å². The molecule has 0 spiro atoms. The van der Waals surface area contributed by atoms with Crippen molar-refractivity contribution in [1.82, 2.24) is 25.1 Å². The minimum atomic E-state index is -0.178. The fourth-order valence-electron chi connectivity index (χ4n) is 2.20. The third kappa shape index (κ3) is 3.57. The first-order valence-electron chi connectivity index (χ1n) is 7.51. The number of nitrogens with one attached hydrogen (secondary N) is 1. The van der Waals surface area contributed by atoms with Crippen molar-refractivity contribution in [1.29, 1.82) is 0 Å². The Morgan fingerprint density at radius 2 is 2.08 bits per heavy atom. The summed E-state index contributed by atoms with van der Waals surface area (Å²) in [5.74, 6) is 1.19. The van der Waals surface area contributed by atoms with Gasteiger partial charge in [0.05, 0.1) is 12.2 Å². The molecule has 24 heavy (non-hydrogen) atoms. The van der Waals surface area contributed by atoms with Crippen LogP contribution in [0.4, 0.5) is 5.82 Å². The van der Waals surface area contributed by atoms with E-state index in [1.54, 1.807) is 29.2 Å². The van der Waals surface area contributed by atoms with Gasteiger partial charge in [-0.2, -0.15) is 5.10 Å². The van der Waals surface area contributed by atoms with E-state index in [0.29, 0.717) is 11.4 Å². The highest BCUT2D eigenvalue weighted by Crippen LogP contribution is 2.10. The number of carbonyl (C=O) groups is 1. The molecule has 0 aliphatic rings. The zero-order valence-corrected chi connectivity index (χ0v) is 13.5. The van der Waals surface area contributed by atoms with Gasteiger partial charge in [0, 0.05) is 38.2 Å². The van der Waals surface area contributed by atoms with Crippen LogP contribution in [0.15, 0.2) is 55.0 Å². The Balaban J connectivity index is 1.69. The first-order valence-corrected chi connectivity index (χ1v) is 7.51. The van der Waals surface area contributed by atoms with Gasteiger partial charge in [0.1, 0.15) is 11.6 Å². The molecule has 0 saturated carbocycles. The number of carbonyl (C=O) groups excluding carboxylic acids is 1. The van der Waals surface area contributed by atoms with Gasteiger partial charge in [0.2, 0.25) is 0 Å². The van der Waals surface area contributed by atoms with Crippen molar-refractivity contribution < 1.29 is 4.79 Å². The molecule has 0 fully saturated rings. The molecular weight excluding hydrogens is 304 g/mol. The van der Waals surface area contributed by atoms with Gasteiger partial charge in [-0.3, -0.25) is 4.79 Å². The fraction of sp³-hybridized carbons (Fsp3) is 0.176. The maximum absolute atomic E-state index is 12.4. The Labute approximate surface area is 140 Å². The molecule has 3 aromatic rings. The molecule has 0 bridgehead atoms. The second kappa shape index (κ2) is 6.91. The van der Waals surface area contributed by atoms with Gasteiger partial charge in [0.15, 0.2) is 0 Å². The van der Waals surface area contributed by atoms with Gasteiger partial charge in [-0.15, -0.1) is 0 Å². The highest BCUT2D eigenvalue weighted by Gasteiger charge is 2.08. The summed E-state index contributed by atoms with van der Waals surface area (Å²) in [6, 6.07) is 10.9. The summed E-state index contributed by atoms with van der Waals surface area (Å²) in [6.45, 7) is 0.270. The number of hydrogen-bond acceptors (Lipinski definition) is 5. The van der Waals surface area contributed by atoms with Crippen LogP contribution >= 0.6 is 0 Å². The molecule has 3 rings (SSSR count). The van der Waals surface area contributed by atoms with Gasteiger partial charge in [-0.25, -0.2) is 14.6 Å². The molecule has 0 aliphatic carbocycles. The molecule has 1 amide bonds. The molecule has 122 valence electrons. The van der Waals surface area contributed by atoms with Crippen LogP contribution in [0.25, 0.3) is 5.69 Å². The largest absolute Gasteiger partial charge is 0.363 e. The summed E-state index contributed by atoms with van der Waals surface area (Å²) >= 11 is 0. The summed E-state index contributed by atoms with van der Waals surface area (Å²) in [7, 11) is 3.82. The monoisotopic (exact) mass is 322 g/mol.